The van der Waals surface area contributed by atoms with Crippen molar-refractivity contribution in [1.82, 2.24) is 4.72 Å². The molecule has 0 atom stereocenters. The molecule has 1 aromatic rings. The molecule has 0 aliphatic carbocycles. The number of carbonyl (C=O) groups excluding carboxylic acids is 2. The van der Waals surface area contributed by atoms with Crippen LogP contribution < -0.4 is 9.46 Å². The Hall–Kier alpha value is -2.72. The first-order valence-corrected chi connectivity index (χ1v) is 10.1. The Balaban J connectivity index is 3.21. The van der Waals surface area contributed by atoms with Crippen molar-refractivity contribution in [1.29, 1.82) is 5.41 Å². The van der Waals surface area contributed by atoms with Gasteiger partial charge in [-0.25, -0.2) is 17.9 Å². The molecular formula is C19H26N2O7S. The molecule has 29 heavy (non-hydrogen) atoms. The van der Waals surface area contributed by atoms with E-state index in [-0.39, 0.29) is 27.5 Å². The van der Waals surface area contributed by atoms with Gasteiger partial charge >= 0.3 is 5.97 Å². The van der Waals surface area contributed by atoms with E-state index in [2.05, 4.69) is 4.72 Å². The van der Waals surface area contributed by atoms with Gasteiger partial charge in [-0.1, -0.05) is 0 Å². The highest BCUT2D eigenvalue weighted by Crippen LogP contribution is 2.26. The molecular weight excluding hydrogens is 400 g/mol. The number of aliphatic hydroxyl groups excluding tert-OH is 1. The Morgan fingerprint density at radius 2 is 1.79 bits per heavy atom. The van der Waals surface area contributed by atoms with E-state index in [1.165, 1.54) is 33.1 Å². The van der Waals surface area contributed by atoms with Crippen LogP contribution in [0.1, 0.15) is 45.0 Å². The molecule has 0 aliphatic heterocycles. The third-order valence-electron chi connectivity index (χ3n) is 3.49. The van der Waals surface area contributed by atoms with Crippen molar-refractivity contribution in [3.63, 3.8) is 0 Å². The number of rotatable bonds is 8. The number of hydrogen-bond donors (Lipinski definition) is 3. The van der Waals surface area contributed by atoms with Gasteiger partial charge < -0.3 is 20.0 Å². The van der Waals surface area contributed by atoms with E-state index in [9.17, 15) is 23.1 Å². The molecule has 9 nitrogen and oxygen atoms in total. The number of benzene rings is 1. The zero-order valence-corrected chi connectivity index (χ0v) is 18.1. The van der Waals surface area contributed by atoms with Gasteiger partial charge in [0.2, 0.25) is 10.0 Å². The Morgan fingerprint density at radius 1 is 1.21 bits per heavy atom. The molecule has 0 saturated carbocycles. The number of allylic oxidation sites excluding steroid dienone is 1. The predicted octanol–water partition coefficient (Wildman–Crippen LogP) is 2.37. The molecule has 0 spiro atoms. The summed E-state index contributed by atoms with van der Waals surface area (Å²) in [6, 6.07) is 3.72. The SMILES string of the molecule is COc1ccc(C(=O)OC/C(O)=C(\C(C)=N)C(C)=O)cc1S(=O)(=O)NC(C)(C)C. The fourth-order valence-electron chi connectivity index (χ4n) is 2.44. The minimum absolute atomic E-state index is 0.0411. The summed E-state index contributed by atoms with van der Waals surface area (Å²) < 4.78 is 37.8. The lowest BCUT2D eigenvalue weighted by atomic mass is 10.1. The van der Waals surface area contributed by atoms with E-state index in [0.29, 0.717) is 0 Å². The number of aliphatic hydroxyl groups is 1. The lowest BCUT2D eigenvalue weighted by Gasteiger charge is -2.21. The maximum Gasteiger partial charge on any atom is 0.338 e. The molecule has 0 amide bonds. The van der Waals surface area contributed by atoms with Crippen molar-refractivity contribution >= 4 is 27.5 Å². The number of nitrogens with one attached hydrogen (secondary N) is 2. The van der Waals surface area contributed by atoms with Crippen LogP contribution in [-0.4, -0.2) is 50.2 Å². The van der Waals surface area contributed by atoms with Crippen molar-refractivity contribution < 1.29 is 32.6 Å². The fraction of sp³-hybridized carbons (Fsp3) is 0.421. The highest BCUT2D eigenvalue weighted by atomic mass is 32.2. The van der Waals surface area contributed by atoms with Crippen LogP contribution in [0.4, 0.5) is 0 Å². The Kier molecular flexibility index (Phi) is 7.70. The number of ketones is 1. The molecule has 160 valence electrons. The summed E-state index contributed by atoms with van der Waals surface area (Å²) in [4.78, 5) is 23.6. The zero-order chi connectivity index (χ0) is 22.6. The molecule has 0 radical (unpaired) electrons. The molecule has 0 unspecified atom stereocenters. The predicted molar refractivity (Wildman–Crippen MR) is 107 cm³/mol. The Morgan fingerprint density at radius 3 is 2.24 bits per heavy atom. The minimum Gasteiger partial charge on any atom is -0.508 e. The second kappa shape index (κ2) is 9.19. The standard InChI is InChI=1S/C19H26N2O7S/c1-11(20)17(12(2)22)14(23)10-28-18(24)13-7-8-15(27-6)16(9-13)29(25,26)21-19(3,4)5/h7-9,20-21,23H,10H2,1-6H3/b17-14-,20-11?. The van der Waals surface area contributed by atoms with Crippen LogP contribution in [0.15, 0.2) is 34.4 Å². The average molecular weight is 426 g/mol. The second-order valence-corrected chi connectivity index (χ2v) is 8.95. The second-order valence-electron chi connectivity index (χ2n) is 7.30. The lowest BCUT2D eigenvalue weighted by Crippen LogP contribution is -2.40. The maximum absolute atomic E-state index is 12.7. The third-order valence-corrected chi connectivity index (χ3v) is 5.26. The molecule has 0 saturated heterocycles. The molecule has 3 N–H and O–H groups in total. The molecule has 0 aliphatic rings. The van der Waals surface area contributed by atoms with E-state index < -0.39 is 39.7 Å². The number of ether oxygens (including phenoxy) is 2. The number of esters is 1. The number of carbonyl (C=O) groups is 2. The quantitative estimate of drug-likeness (QED) is 0.251. The summed E-state index contributed by atoms with van der Waals surface area (Å²) in [5, 5.41) is 17.5. The zero-order valence-electron chi connectivity index (χ0n) is 17.2. The van der Waals surface area contributed by atoms with Gasteiger partial charge in [0.1, 0.15) is 23.0 Å². The van der Waals surface area contributed by atoms with Gasteiger partial charge in [-0.05, 0) is 52.8 Å². The number of hydrogen-bond acceptors (Lipinski definition) is 8. The van der Waals surface area contributed by atoms with Crippen LogP contribution in [0.2, 0.25) is 0 Å². The van der Waals surface area contributed by atoms with Crippen LogP contribution in [0.3, 0.4) is 0 Å². The summed E-state index contributed by atoms with van der Waals surface area (Å²) >= 11 is 0. The first-order chi connectivity index (χ1) is 13.2. The van der Waals surface area contributed by atoms with Crippen molar-refractivity contribution in [2.75, 3.05) is 13.7 Å². The Bertz CT molecular complexity index is 941. The van der Waals surface area contributed by atoms with Crippen LogP contribution in [0, 0.1) is 5.41 Å². The molecule has 0 fully saturated rings. The molecule has 0 bridgehead atoms. The first kappa shape index (κ1) is 24.3. The van der Waals surface area contributed by atoms with Gasteiger partial charge in [0.25, 0.3) is 0 Å². The third kappa shape index (κ3) is 6.68. The summed E-state index contributed by atoms with van der Waals surface area (Å²) in [6.07, 6.45) is 0. The number of Topliss-reactive ketones (excluding diaryl/α,β-unsaturated/α-hetero) is 1. The van der Waals surface area contributed by atoms with Crippen molar-refractivity contribution in [2.24, 2.45) is 0 Å². The van der Waals surface area contributed by atoms with E-state index in [0.717, 1.165) is 6.07 Å². The van der Waals surface area contributed by atoms with Gasteiger partial charge in [0.05, 0.1) is 18.2 Å². The van der Waals surface area contributed by atoms with E-state index in [1.807, 2.05) is 0 Å². The summed E-state index contributed by atoms with van der Waals surface area (Å²) in [6.45, 7) is 6.86. The number of methoxy groups -OCH3 is 1. The van der Waals surface area contributed by atoms with Gasteiger partial charge in [-0.15, -0.1) is 0 Å². The van der Waals surface area contributed by atoms with Gasteiger partial charge in [-0.2, -0.15) is 0 Å². The fourth-order valence-corrected chi connectivity index (χ4v) is 4.06. The van der Waals surface area contributed by atoms with Crippen LogP contribution in [0.25, 0.3) is 0 Å². The summed E-state index contributed by atoms with van der Waals surface area (Å²) in [5.74, 6) is -1.98. The molecule has 10 heteroatoms. The van der Waals surface area contributed by atoms with Crippen LogP contribution in [0.5, 0.6) is 5.75 Å². The molecule has 1 rings (SSSR count). The van der Waals surface area contributed by atoms with Gasteiger partial charge in [0.15, 0.2) is 5.78 Å². The molecule has 0 heterocycles. The van der Waals surface area contributed by atoms with Crippen LogP contribution in [-0.2, 0) is 19.6 Å². The highest BCUT2D eigenvalue weighted by molar-refractivity contribution is 7.89. The normalized spacial score (nSPS) is 12.8. The van der Waals surface area contributed by atoms with E-state index in [1.54, 1.807) is 20.8 Å². The number of sulfonamides is 1. The van der Waals surface area contributed by atoms with Gasteiger partial charge in [-0.3, -0.25) is 4.79 Å². The highest BCUT2D eigenvalue weighted by Gasteiger charge is 2.27. The van der Waals surface area contributed by atoms with Crippen molar-refractivity contribution in [3.05, 3.63) is 35.1 Å². The lowest BCUT2D eigenvalue weighted by molar-refractivity contribution is -0.113. The van der Waals surface area contributed by atoms with Crippen molar-refractivity contribution in [2.45, 2.75) is 45.1 Å². The molecule has 0 aromatic heterocycles. The smallest absolute Gasteiger partial charge is 0.338 e. The maximum atomic E-state index is 12.7. The summed E-state index contributed by atoms with van der Waals surface area (Å²) in [7, 11) is -2.70. The summed E-state index contributed by atoms with van der Waals surface area (Å²) in [5.41, 5.74) is -1.27. The largest absolute Gasteiger partial charge is 0.508 e. The van der Waals surface area contributed by atoms with E-state index in [4.69, 9.17) is 14.9 Å². The topological polar surface area (TPSA) is 143 Å². The van der Waals surface area contributed by atoms with Crippen molar-refractivity contribution in [3.8, 4) is 5.75 Å². The Labute approximate surface area is 170 Å². The monoisotopic (exact) mass is 426 g/mol. The first-order valence-electron chi connectivity index (χ1n) is 8.57. The van der Waals surface area contributed by atoms with E-state index >= 15 is 0 Å². The minimum atomic E-state index is -4.00. The molecule has 1 aromatic carbocycles. The average Bonchev–Trinajstić information content (AvgIpc) is 2.56. The van der Waals surface area contributed by atoms with Crippen LogP contribution >= 0.6 is 0 Å². The van der Waals surface area contributed by atoms with Gasteiger partial charge in [0, 0.05) is 11.3 Å².